The highest BCUT2D eigenvalue weighted by molar-refractivity contribution is 6.64. The minimum Gasteiger partial charge on any atom is -0.399 e. The van der Waals surface area contributed by atoms with E-state index < -0.39 is 7.12 Å². The molecule has 2 aromatic rings. The molecule has 0 radical (unpaired) electrons. The summed E-state index contributed by atoms with van der Waals surface area (Å²) in [6.45, 7) is 8.18. The van der Waals surface area contributed by atoms with Crippen LogP contribution >= 0.6 is 0 Å². The molecule has 0 saturated carbocycles. The summed E-state index contributed by atoms with van der Waals surface area (Å²) in [6.07, 6.45) is 1.69. The zero-order valence-corrected chi connectivity index (χ0v) is 11.7. The Kier molecular flexibility index (Phi) is 2.66. The van der Waals surface area contributed by atoms with Crippen LogP contribution in [0.2, 0.25) is 0 Å². The maximum absolute atomic E-state index is 6.07. The number of hydrogen-bond donors (Lipinski definition) is 0. The van der Waals surface area contributed by atoms with Gasteiger partial charge in [-0.15, -0.1) is 0 Å². The van der Waals surface area contributed by atoms with Gasteiger partial charge in [-0.2, -0.15) is 10.2 Å². The molecule has 2 heterocycles. The van der Waals surface area contributed by atoms with Crippen molar-refractivity contribution in [3.63, 3.8) is 0 Å². The van der Waals surface area contributed by atoms with E-state index in [4.69, 9.17) is 9.31 Å². The fourth-order valence-corrected chi connectivity index (χ4v) is 2.19. The summed E-state index contributed by atoms with van der Waals surface area (Å²) in [5.41, 5.74) is 1.08. The van der Waals surface area contributed by atoms with Gasteiger partial charge in [0.1, 0.15) is 0 Å². The Balaban J connectivity index is 2.08. The molecule has 0 spiro atoms. The van der Waals surface area contributed by atoms with E-state index in [1.807, 2.05) is 52.0 Å². The lowest BCUT2D eigenvalue weighted by atomic mass is 9.78. The third-order valence-corrected chi connectivity index (χ3v) is 4.08. The van der Waals surface area contributed by atoms with Gasteiger partial charge in [-0.25, -0.2) is 0 Å². The van der Waals surface area contributed by atoms with Crippen LogP contribution in [0, 0.1) is 0 Å². The van der Waals surface area contributed by atoms with E-state index in [9.17, 15) is 0 Å². The summed E-state index contributed by atoms with van der Waals surface area (Å²) >= 11 is 0. The largest absolute Gasteiger partial charge is 0.497 e. The molecule has 0 aliphatic carbocycles. The molecular weight excluding hydrogens is 239 g/mol. The molecule has 4 nitrogen and oxygen atoms in total. The first-order valence-electron chi connectivity index (χ1n) is 6.47. The summed E-state index contributed by atoms with van der Waals surface area (Å²) in [6, 6.07) is 7.93. The van der Waals surface area contributed by atoms with Crippen molar-refractivity contribution >= 4 is 23.5 Å². The van der Waals surface area contributed by atoms with Gasteiger partial charge >= 0.3 is 7.12 Å². The lowest BCUT2D eigenvalue weighted by Gasteiger charge is -2.32. The highest BCUT2D eigenvalue weighted by Crippen LogP contribution is 2.36. The summed E-state index contributed by atoms with van der Waals surface area (Å²) in [7, 11) is -0.398. The van der Waals surface area contributed by atoms with E-state index in [1.54, 1.807) is 6.20 Å². The topological polar surface area (TPSA) is 44.2 Å². The smallest absolute Gasteiger partial charge is 0.399 e. The van der Waals surface area contributed by atoms with E-state index in [1.165, 1.54) is 0 Å². The molecule has 0 N–H and O–H groups in total. The minimum absolute atomic E-state index is 0.345. The first-order valence-corrected chi connectivity index (χ1v) is 6.47. The van der Waals surface area contributed by atoms with E-state index >= 15 is 0 Å². The van der Waals surface area contributed by atoms with Crippen molar-refractivity contribution in [1.82, 2.24) is 10.2 Å². The lowest BCUT2D eigenvalue weighted by molar-refractivity contribution is 0.00578. The summed E-state index contributed by atoms with van der Waals surface area (Å²) in [5, 5.41) is 9.21. The summed E-state index contributed by atoms with van der Waals surface area (Å²) < 4.78 is 12.1. The first kappa shape index (κ1) is 12.6. The number of benzene rings is 1. The quantitative estimate of drug-likeness (QED) is 0.731. The second kappa shape index (κ2) is 4.02. The van der Waals surface area contributed by atoms with Gasteiger partial charge in [0.05, 0.1) is 22.9 Å². The number of hydrogen-bond acceptors (Lipinski definition) is 4. The Morgan fingerprint density at radius 1 is 1.00 bits per heavy atom. The third-order valence-electron chi connectivity index (χ3n) is 4.08. The van der Waals surface area contributed by atoms with Gasteiger partial charge in [-0.3, -0.25) is 0 Å². The molecule has 1 aliphatic heterocycles. The van der Waals surface area contributed by atoms with Crippen LogP contribution in [0.4, 0.5) is 0 Å². The molecule has 1 aromatic carbocycles. The standard InChI is InChI=1S/C14H17BN2O2/c1-13(2)14(3,4)19-15(18-13)11-7-5-6-10-8-9-16-17-12(10)11/h5-9H,1-4H3. The second-order valence-corrected chi connectivity index (χ2v) is 5.90. The van der Waals surface area contributed by atoms with Gasteiger partial charge in [0.15, 0.2) is 0 Å². The first-order chi connectivity index (χ1) is 8.91. The predicted molar refractivity (Wildman–Crippen MR) is 75.3 cm³/mol. The van der Waals surface area contributed by atoms with E-state index in [0.29, 0.717) is 0 Å². The summed E-state index contributed by atoms with van der Waals surface area (Å²) in [4.78, 5) is 0. The van der Waals surface area contributed by atoms with Crippen LogP contribution in [0.25, 0.3) is 10.9 Å². The van der Waals surface area contributed by atoms with Crippen molar-refractivity contribution in [1.29, 1.82) is 0 Å². The van der Waals surface area contributed by atoms with Crippen molar-refractivity contribution in [2.75, 3.05) is 0 Å². The monoisotopic (exact) mass is 256 g/mol. The van der Waals surface area contributed by atoms with E-state index in [0.717, 1.165) is 16.4 Å². The van der Waals surface area contributed by atoms with Crippen LogP contribution < -0.4 is 5.46 Å². The molecular formula is C14H17BN2O2. The SMILES string of the molecule is CC1(C)OB(c2cccc3ccnnc23)OC1(C)C. The van der Waals surface area contributed by atoms with Gasteiger partial charge in [0.2, 0.25) is 0 Å². The van der Waals surface area contributed by atoms with Gasteiger partial charge in [0, 0.05) is 10.8 Å². The second-order valence-electron chi connectivity index (χ2n) is 5.90. The zero-order chi connectivity index (χ0) is 13.7. The Labute approximate surface area is 113 Å². The fourth-order valence-electron chi connectivity index (χ4n) is 2.19. The maximum Gasteiger partial charge on any atom is 0.497 e. The molecule has 1 aliphatic rings. The molecule has 0 atom stereocenters. The molecule has 0 amide bonds. The number of aromatic nitrogens is 2. The van der Waals surface area contributed by atoms with Crippen molar-refractivity contribution in [3.05, 3.63) is 30.5 Å². The Morgan fingerprint density at radius 2 is 1.68 bits per heavy atom. The van der Waals surface area contributed by atoms with Gasteiger partial charge in [-0.1, -0.05) is 18.2 Å². The maximum atomic E-state index is 6.07. The average Bonchev–Trinajstić information content (AvgIpc) is 2.58. The van der Waals surface area contributed by atoms with Gasteiger partial charge < -0.3 is 9.31 Å². The molecule has 1 saturated heterocycles. The number of fused-ring (bicyclic) bond motifs is 1. The third kappa shape index (κ3) is 1.93. The van der Waals surface area contributed by atoms with Crippen LogP contribution in [-0.2, 0) is 9.31 Å². The van der Waals surface area contributed by atoms with Crippen molar-refractivity contribution in [3.8, 4) is 0 Å². The Morgan fingerprint density at radius 3 is 2.37 bits per heavy atom. The summed E-state index contributed by atoms with van der Waals surface area (Å²) in [5.74, 6) is 0. The Hall–Kier alpha value is -1.46. The van der Waals surface area contributed by atoms with Crippen LogP contribution in [-0.4, -0.2) is 28.5 Å². The molecule has 0 bridgehead atoms. The highest BCUT2D eigenvalue weighted by Gasteiger charge is 2.52. The normalized spacial score (nSPS) is 20.9. The van der Waals surface area contributed by atoms with Crippen LogP contribution in [0.15, 0.2) is 30.5 Å². The zero-order valence-electron chi connectivity index (χ0n) is 11.7. The molecule has 1 fully saturated rings. The molecule has 1 aromatic heterocycles. The number of nitrogens with zero attached hydrogens (tertiary/aromatic N) is 2. The van der Waals surface area contributed by atoms with E-state index in [-0.39, 0.29) is 11.2 Å². The van der Waals surface area contributed by atoms with Crippen molar-refractivity contribution in [2.45, 2.75) is 38.9 Å². The highest BCUT2D eigenvalue weighted by atomic mass is 16.7. The van der Waals surface area contributed by atoms with Gasteiger partial charge in [0.25, 0.3) is 0 Å². The average molecular weight is 256 g/mol. The molecule has 3 rings (SSSR count). The predicted octanol–water partition coefficient (Wildman–Crippen LogP) is 1.93. The molecule has 5 heteroatoms. The molecule has 98 valence electrons. The fraction of sp³-hybridized carbons (Fsp3) is 0.429. The van der Waals surface area contributed by atoms with Crippen molar-refractivity contribution < 1.29 is 9.31 Å². The van der Waals surface area contributed by atoms with Crippen LogP contribution in [0.5, 0.6) is 0 Å². The van der Waals surface area contributed by atoms with Gasteiger partial charge in [-0.05, 0) is 33.8 Å². The molecule has 0 unspecified atom stereocenters. The van der Waals surface area contributed by atoms with Crippen LogP contribution in [0.3, 0.4) is 0 Å². The molecule has 19 heavy (non-hydrogen) atoms. The number of rotatable bonds is 1. The lowest BCUT2D eigenvalue weighted by Crippen LogP contribution is -2.41. The Bertz CT molecular complexity index is 606. The van der Waals surface area contributed by atoms with Crippen molar-refractivity contribution in [2.24, 2.45) is 0 Å². The minimum atomic E-state index is -0.398. The van der Waals surface area contributed by atoms with E-state index in [2.05, 4.69) is 10.2 Å². The van der Waals surface area contributed by atoms with Crippen LogP contribution in [0.1, 0.15) is 27.7 Å².